The Morgan fingerprint density at radius 1 is 1.15 bits per heavy atom. The number of hydrogen-bond acceptors (Lipinski definition) is 4. The molecule has 1 amide bonds. The zero-order valence-corrected chi connectivity index (χ0v) is 14.9. The molecule has 6 nitrogen and oxygen atoms in total. The minimum atomic E-state index is -0.0933. The molecule has 0 aliphatic carbocycles. The van der Waals surface area contributed by atoms with Crippen molar-refractivity contribution in [3.8, 4) is 5.75 Å². The standard InChI is InChI=1S/C20H21N3O3/c1-23-18(22-17-6-4-3-5-16(17)20(23)25)11-12-19(24)21-13-14-7-9-15(26-2)10-8-14/h3-10H,11-13H2,1-2H3,(H,21,24). The largest absolute Gasteiger partial charge is 0.497 e. The highest BCUT2D eigenvalue weighted by atomic mass is 16.5. The Hall–Kier alpha value is -3.15. The summed E-state index contributed by atoms with van der Waals surface area (Å²) in [6.07, 6.45) is 0.680. The summed E-state index contributed by atoms with van der Waals surface area (Å²) >= 11 is 0. The van der Waals surface area contributed by atoms with Gasteiger partial charge in [-0.05, 0) is 29.8 Å². The van der Waals surface area contributed by atoms with Gasteiger partial charge >= 0.3 is 0 Å². The Bertz CT molecular complexity index is 978. The van der Waals surface area contributed by atoms with Crippen LogP contribution < -0.4 is 15.6 Å². The number of methoxy groups -OCH3 is 1. The molecule has 26 heavy (non-hydrogen) atoms. The number of nitrogens with one attached hydrogen (secondary N) is 1. The Kier molecular flexibility index (Phi) is 5.31. The number of rotatable bonds is 6. The van der Waals surface area contributed by atoms with E-state index >= 15 is 0 Å². The monoisotopic (exact) mass is 351 g/mol. The van der Waals surface area contributed by atoms with Crippen molar-refractivity contribution in [2.75, 3.05) is 7.11 Å². The highest BCUT2D eigenvalue weighted by Gasteiger charge is 2.10. The Morgan fingerprint density at radius 3 is 2.62 bits per heavy atom. The van der Waals surface area contributed by atoms with Crippen LogP contribution in [-0.2, 0) is 24.8 Å². The molecule has 1 heterocycles. The zero-order chi connectivity index (χ0) is 18.5. The summed E-state index contributed by atoms with van der Waals surface area (Å²) in [5.74, 6) is 1.31. The number of para-hydroxylation sites is 1. The van der Waals surface area contributed by atoms with E-state index in [1.807, 2.05) is 42.5 Å². The van der Waals surface area contributed by atoms with Crippen LogP contribution in [0.25, 0.3) is 10.9 Å². The number of amides is 1. The van der Waals surface area contributed by atoms with Gasteiger partial charge in [-0.2, -0.15) is 0 Å². The Balaban J connectivity index is 1.61. The quantitative estimate of drug-likeness (QED) is 0.739. The second-order valence-corrected chi connectivity index (χ2v) is 6.03. The van der Waals surface area contributed by atoms with Gasteiger partial charge in [0, 0.05) is 26.4 Å². The molecule has 6 heteroatoms. The van der Waals surface area contributed by atoms with E-state index in [-0.39, 0.29) is 17.9 Å². The molecule has 1 aromatic heterocycles. The van der Waals surface area contributed by atoms with Crippen LogP contribution in [0.2, 0.25) is 0 Å². The fourth-order valence-corrected chi connectivity index (χ4v) is 2.75. The average molecular weight is 351 g/mol. The number of ether oxygens (including phenoxy) is 1. The Morgan fingerprint density at radius 2 is 1.88 bits per heavy atom. The van der Waals surface area contributed by atoms with Gasteiger partial charge in [0.2, 0.25) is 5.91 Å². The number of nitrogens with zero attached hydrogens (tertiary/aromatic N) is 2. The lowest BCUT2D eigenvalue weighted by molar-refractivity contribution is -0.121. The van der Waals surface area contributed by atoms with E-state index < -0.39 is 0 Å². The molecule has 3 rings (SSSR count). The molecule has 134 valence electrons. The summed E-state index contributed by atoms with van der Waals surface area (Å²) in [6.45, 7) is 0.451. The van der Waals surface area contributed by atoms with E-state index in [1.165, 1.54) is 4.57 Å². The van der Waals surface area contributed by atoms with Gasteiger partial charge < -0.3 is 10.1 Å². The van der Waals surface area contributed by atoms with Crippen LogP contribution in [0.3, 0.4) is 0 Å². The van der Waals surface area contributed by atoms with E-state index in [1.54, 1.807) is 20.2 Å². The van der Waals surface area contributed by atoms with E-state index in [0.29, 0.717) is 29.7 Å². The van der Waals surface area contributed by atoms with Gasteiger partial charge in [0.1, 0.15) is 11.6 Å². The SMILES string of the molecule is COc1ccc(CNC(=O)CCc2nc3ccccc3c(=O)n2C)cc1. The van der Waals surface area contributed by atoms with Crippen LogP contribution in [0.5, 0.6) is 5.75 Å². The highest BCUT2D eigenvalue weighted by molar-refractivity contribution is 5.78. The molecule has 0 bridgehead atoms. The molecular formula is C20H21N3O3. The van der Waals surface area contributed by atoms with E-state index in [9.17, 15) is 9.59 Å². The van der Waals surface area contributed by atoms with Crippen molar-refractivity contribution in [3.05, 3.63) is 70.3 Å². The van der Waals surface area contributed by atoms with Crippen LogP contribution >= 0.6 is 0 Å². The van der Waals surface area contributed by atoms with E-state index in [2.05, 4.69) is 10.3 Å². The lowest BCUT2D eigenvalue weighted by Crippen LogP contribution is -2.26. The minimum absolute atomic E-state index is 0.0803. The third-order valence-electron chi connectivity index (χ3n) is 4.30. The number of carbonyl (C=O) groups excluding carboxylic acids is 1. The van der Waals surface area contributed by atoms with Gasteiger partial charge in [-0.1, -0.05) is 24.3 Å². The molecule has 1 N–H and O–H groups in total. The maximum Gasteiger partial charge on any atom is 0.261 e. The van der Waals surface area contributed by atoms with Crippen LogP contribution in [0, 0.1) is 0 Å². The highest BCUT2D eigenvalue weighted by Crippen LogP contribution is 2.11. The van der Waals surface area contributed by atoms with Crippen LogP contribution in [0.1, 0.15) is 17.8 Å². The second-order valence-electron chi connectivity index (χ2n) is 6.03. The van der Waals surface area contributed by atoms with Gasteiger partial charge in [-0.25, -0.2) is 4.98 Å². The third-order valence-corrected chi connectivity index (χ3v) is 4.30. The summed E-state index contributed by atoms with van der Waals surface area (Å²) in [4.78, 5) is 29.0. The smallest absolute Gasteiger partial charge is 0.261 e. The molecule has 0 unspecified atom stereocenters. The summed E-state index contributed by atoms with van der Waals surface area (Å²) in [7, 11) is 3.30. The molecule has 0 spiro atoms. The first-order valence-electron chi connectivity index (χ1n) is 8.43. The number of aromatic nitrogens is 2. The van der Waals surface area contributed by atoms with Crippen molar-refractivity contribution in [1.82, 2.24) is 14.9 Å². The fraction of sp³-hybridized carbons (Fsp3) is 0.250. The van der Waals surface area contributed by atoms with Gasteiger partial charge in [-0.15, -0.1) is 0 Å². The van der Waals surface area contributed by atoms with Gasteiger partial charge in [0.05, 0.1) is 18.0 Å². The molecule has 0 aliphatic rings. The molecule has 2 aromatic carbocycles. The molecule has 0 saturated carbocycles. The number of aryl methyl sites for hydroxylation is 1. The topological polar surface area (TPSA) is 73.2 Å². The summed E-state index contributed by atoms with van der Waals surface area (Å²) < 4.78 is 6.62. The number of carbonyl (C=O) groups is 1. The van der Waals surface area contributed by atoms with Crippen LogP contribution in [0.4, 0.5) is 0 Å². The molecule has 0 saturated heterocycles. The summed E-state index contributed by atoms with van der Waals surface area (Å²) in [6, 6.07) is 14.8. The van der Waals surface area contributed by atoms with Gasteiger partial charge in [-0.3, -0.25) is 14.2 Å². The minimum Gasteiger partial charge on any atom is -0.497 e. The summed E-state index contributed by atoms with van der Waals surface area (Å²) in [5.41, 5.74) is 1.56. The van der Waals surface area contributed by atoms with E-state index in [4.69, 9.17) is 4.74 Å². The fourth-order valence-electron chi connectivity index (χ4n) is 2.75. The maximum atomic E-state index is 12.4. The number of hydrogen-bond donors (Lipinski definition) is 1. The molecule has 0 atom stereocenters. The van der Waals surface area contributed by atoms with Crippen molar-refractivity contribution in [1.29, 1.82) is 0 Å². The van der Waals surface area contributed by atoms with Crippen molar-refractivity contribution < 1.29 is 9.53 Å². The van der Waals surface area contributed by atoms with Crippen molar-refractivity contribution in [2.45, 2.75) is 19.4 Å². The number of fused-ring (bicyclic) bond motifs is 1. The van der Waals surface area contributed by atoms with Crippen LogP contribution in [0.15, 0.2) is 53.3 Å². The van der Waals surface area contributed by atoms with Crippen molar-refractivity contribution in [2.24, 2.45) is 7.05 Å². The van der Waals surface area contributed by atoms with Crippen LogP contribution in [-0.4, -0.2) is 22.6 Å². The average Bonchev–Trinajstić information content (AvgIpc) is 2.68. The lowest BCUT2D eigenvalue weighted by atomic mass is 10.2. The molecular weight excluding hydrogens is 330 g/mol. The van der Waals surface area contributed by atoms with E-state index in [0.717, 1.165) is 11.3 Å². The normalized spacial score (nSPS) is 10.7. The van der Waals surface area contributed by atoms with Gasteiger partial charge in [0.25, 0.3) is 5.56 Å². The second kappa shape index (κ2) is 7.82. The Labute approximate surface area is 151 Å². The predicted octanol–water partition coefficient (Wildman–Crippen LogP) is 2.19. The van der Waals surface area contributed by atoms with Gasteiger partial charge in [0.15, 0.2) is 0 Å². The summed E-state index contributed by atoms with van der Waals surface area (Å²) in [5, 5.41) is 3.47. The first kappa shape index (κ1) is 17.7. The predicted molar refractivity (Wildman–Crippen MR) is 100 cm³/mol. The third kappa shape index (κ3) is 3.91. The van der Waals surface area contributed by atoms with Crippen molar-refractivity contribution >= 4 is 16.8 Å². The van der Waals surface area contributed by atoms with Crippen molar-refractivity contribution in [3.63, 3.8) is 0 Å². The maximum absolute atomic E-state index is 12.4. The first-order valence-corrected chi connectivity index (χ1v) is 8.43. The first-order chi connectivity index (χ1) is 12.6. The molecule has 0 fully saturated rings. The molecule has 3 aromatic rings. The molecule has 0 radical (unpaired) electrons. The molecule has 0 aliphatic heterocycles. The number of benzene rings is 2. The lowest BCUT2D eigenvalue weighted by Gasteiger charge is -2.10. The zero-order valence-electron chi connectivity index (χ0n) is 14.9.